The molecule has 0 spiro atoms. The molecule has 5 heteroatoms. The van der Waals surface area contributed by atoms with Crippen molar-refractivity contribution >= 4 is 0 Å². The van der Waals surface area contributed by atoms with Gasteiger partial charge in [0, 0.05) is 50.5 Å². The summed E-state index contributed by atoms with van der Waals surface area (Å²) in [4.78, 5) is 2.59. The third-order valence-corrected chi connectivity index (χ3v) is 4.57. The Labute approximate surface area is 121 Å². The SMILES string of the molecule is Cc1nn(C)c(C)c1CNC[C@H]1CN(C2CC2)CCO1. The molecule has 1 saturated carbocycles. The highest BCUT2D eigenvalue weighted by molar-refractivity contribution is 5.23. The molecular formula is C15H26N4O. The van der Waals surface area contributed by atoms with E-state index in [4.69, 9.17) is 4.74 Å². The second-order valence-corrected chi connectivity index (χ2v) is 6.12. The normalized spacial score (nSPS) is 24.2. The molecule has 0 unspecified atom stereocenters. The largest absolute Gasteiger partial charge is 0.374 e. The van der Waals surface area contributed by atoms with Crippen LogP contribution in [0.1, 0.15) is 29.8 Å². The molecule has 1 aromatic heterocycles. The van der Waals surface area contributed by atoms with Crippen molar-refractivity contribution in [2.45, 2.75) is 45.4 Å². The van der Waals surface area contributed by atoms with Crippen molar-refractivity contribution in [1.82, 2.24) is 20.0 Å². The summed E-state index contributed by atoms with van der Waals surface area (Å²) in [6, 6.07) is 0.851. The van der Waals surface area contributed by atoms with Gasteiger partial charge in [0.05, 0.1) is 18.4 Å². The van der Waals surface area contributed by atoms with Crippen LogP contribution in [0.15, 0.2) is 0 Å². The summed E-state index contributed by atoms with van der Waals surface area (Å²) in [6.07, 6.45) is 3.10. The van der Waals surface area contributed by atoms with Crippen molar-refractivity contribution in [2.24, 2.45) is 7.05 Å². The average molecular weight is 278 g/mol. The van der Waals surface area contributed by atoms with Crippen molar-refractivity contribution in [3.05, 3.63) is 17.0 Å². The molecule has 1 aliphatic carbocycles. The van der Waals surface area contributed by atoms with E-state index in [2.05, 4.69) is 29.2 Å². The van der Waals surface area contributed by atoms with E-state index in [0.717, 1.165) is 44.5 Å². The van der Waals surface area contributed by atoms with E-state index in [1.54, 1.807) is 0 Å². The number of morpholine rings is 1. The fourth-order valence-corrected chi connectivity index (χ4v) is 3.07. The lowest BCUT2D eigenvalue weighted by molar-refractivity contribution is -0.0301. The van der Waals surface area contributed by atoms with Crippen LogP contribution in [-0.4, -0.2) is 53.1 Å². The Kier molecular flexibility index (Phi) is 4.10. The van der Waals surface area contributed by atoms with Crippen LogP contribution in [0, 0.1) is 13.8 Å². The Balaban J connectivity index is 1.47. The second kappa shape index (κ2) is 5.84. The molecule has 1 aliphatic heterocycles. The number of ether oxygens (including phenoxy) is 1. The Hall–Kier alpha value is -0.910. The van der Waals surface area contributed by atoms with Gasteiger partial charge in [-0.15, -0.1) is 0 Å². The zero-order chi connectivity index (χ0) is 14.1. The van der Waals surface area contributed by atoms with Crippen molar-refractivity contribution in [3.8, 4) is 0 Å². The zero-order valence-electron chi connectivity index (χ0n) is 12.9. The summed E-state index contributed by atoms with van der Waals surface area (Å²) < 4.78 is 7.82. The van der Waals surface area contributed by atoms with E-state index < -0.39 is 0 Å². The molecule has 2 aliphatic rings. The zero-order valence-corrected chi connectivity index (χ0v) is 12.9. The van der Waals surface area contributed by atoms with Gasteiger partial charge in [-0.05, 0) is 26.7 Å². The lowest BCUT2D eigenvalue weighted by Crippen LogP contribution is -2.47. The molecule has 0 bridgehead atoms. The number of nitrogens with zero attached hydrogens (tertiary/aromatic N) is 3. The fraction of sp³-hybridized carbons (Fsp3) is 0.800. The minimum Gasteiger partial charge on any atom is -0.374 e. The summed E-state index contributed by atoms with van der Waals surface area (Å²) in [5.41, 5.74) is 3.70. The molecule has 1 atom stereocenters. The van der Waals surface area contributed by atoms with Crippen molar-refractivity contribution < 1.29 is 4.74 Å². The van der Waals surface area contributed by atoms with Gasteiger partial charge in [-0.3, -0.25) is 9.58 Å². The van der Waals surface area contributed by atoms with Gasteiger partial charge in [0.1, 0.15) is 0 Å². The first-order valence-electron chi connectivity index (χ1n) is 7.70. The maximum absolute atomic E-state index is 5.86. The highest BCUT2D eigenvalue weighted by atomic mass is 16.5. The van der Waals surface area contributed by atoms with E-state index in [0.29, 0.717) is 6.10 Å². The highest BCUT2D eigenvalue weighted by Gasteiger charge is 2.32. The third kappa shape index (κ3) is 3.05. The molecule has 1 N–H and O–H groups in total. The molecule has 2 fully saturated rings. The maximum Gasteiger partial charge on any atom is 0.0826 e. The Morgan fingerprint density at radius 3 is 2.80 bits per heavy atom. The predicted molar refractivity (Wildman–Crippen MR) is 78.7 cm³/mol. The summed E-state index contributed by atoms with van der Waals surface area (Å²) in [5.74, 6) is 0. The molecule has 5 nitrogen and oxygen atoms in total. The van der Waals surface area contributed by atoms with Gasteiger partial charge in [0.25, 0.3) is 0 Å². The van der Waals surface area contributed by atoms with Crippen LogP contribution in [-0.2, 0) is 18.3 Å². The smallest absolute Gasteiger partial charge is 0.0826 e. The summed E-state index contributed by atoms with van der Waals surface area (Å²) in [5, 5.41) is 8.00. The van der Waals surface area contributed by atoms with Crippen LogP contribution < -0.4 is 5.32 Å². The summed E-state index contributed by atoms with van der Waals surface area (Å²) >= 11 is 0. The van der Waals surface area contributed by atoms with Gasteiger partial charge in [0.2, 0.25) is 0 Å². The van der Waals surface area contributed by atoms with E-state index in [1.807, 2.05) is 11.7 Å². The highest BCUT2D eigenvalue weighted by Crippen LogP contribution is 2.28. The Morgan fingerprint density at radius 2 is 2.15 bits per heavy atom. The van der Waals surface area contributed by atoms with Crippen LogP contribution in [0.5, 0.6) is 0 Å². The van der Waals surface area contributed by atoms with Crippen LogP contribution in [0.4, 0.5) is 0 Å². The van der Waals surface area contributed by atoms with Crippen LogP contribution >= 0.6 is 0 Å². The van der Waals surface area contributed by atoms with Crippen LogP contribution in [0.25, 0.3) is 0 Å². The molecule has 1 aromatic rings. The van der Waals surface area contributed by atoms with Gasteiger partial charge >= 0.3 is 0 Å². The van der Waals surface area contributed by atoms with Gasteiger partial charge in [0.15, 0.2) is 0 Å². The quantitative estimate of drug-likeness (QED) is 0.872. The predicted octanol–water partition coefficient (Wildman–Crippen LogP) is 0.990. The first kappa shape index (κ1) is 14.0. The lowest BCUT2D eigenvalue weighted by Gasteiger charge is -2.33. The van der Waals surface area contributed by atoms with E-state index >= 15 is 0 Å². The molecule has 3 rings (SSSR count). The molecule has 20 heavy (non-hydrogen) atoms. The van der Waals surface area contributed by atoms with Gasteiger partial charge in [-0.25, -0.2) is 0 Å². The minimum absolute atomic E-state index is 0.335. The first-order valence-corrected chi connectivity index (χ1v) is 7.70. The molecule has 0 amide bonds. The number of aromatic nitrogens is 2. The Morgan fingerprint density at radius 1 is 1.35 bits per heavy atom. The number of hydrogen-bond donors (Lipinski definition) is 1. The average Bonchev–Trinajstić information content (AvgIpc) is 3.24. The number of aryl methyl sites for hydroxylation is 2. The van der Waals surface area contributed by atoms with Crippen LogP contribution in [0.3, 0.4) is 0 Å². The lowest BCUT2D eigenvalue weighted by atomic mass is 10.2. The van der Waals surface area contributed by atoms with Gasteiger partial charge < -0.3 is 10.1 Å². The minimum atomic E-state index is 0.335. The molecule has 0 radical (unpaired) electrons. The van der Waals surface area contributed by atoms with Gasteiger partial charge in [-0.2, -0.15) is 5.10 Å². The van der Waals surface area contributed by atoms with Crippen molar-refractivity contribution in [3.63, 3.8) is 0 Å². The Bertz CT molecular complexity index is 467. The summed E-state index contributed by atoms with van der Waals surface area (Å²) in [7, 11) is 2.00. The number of hydrogen-bond acceptors (Lipinski definition) is 4. The van der Waals surface area contributed by atoms with E-state index in [1.165, 1.54) is 24.1 Å². The molecular weight excluding hydrogens is 252 g/mol. The molecule has 0 aromatic carbocycles. The second-order valence-electron chi connectivity index (χ2n) is 6.12. The van der Waals surface area contributed by atoms with Crippen molar-refractivity contribution in [2.75, 3.05) is 26.2 Å². The van der Waals surface area contributed by atoms with E-state index in [9.17, 15) is 0 Å². The monoisotopic (exact) mass is 278 g/mol. The summed E-state index contributed by atoms with van der Waals surface area (Å²) in [6.45, 7) is 9.10. The topological polar surface area (TPSA) is 42.3 Å². The molecule has 1 saturated heterocycles. The van der Waals surface area contributed by atoms with E-state index in [-0.39, 0.29) is 0 Å². The number of nitrogens with one attached hydrogen (secondary N) is 1. The van der Waals surface area contributed by atoms with Crippen molar-refractivity contribution in [1.29, 1.82) is 0 Å². The molecule has 2 heterocycles. The first-order chi connectivity index (χ1) is 9.65. The number of rotatable bonds is 5. The van der Waals surface area contributed by atoms with Crippen LogP contribution in [0.2, 0.25) is 0 Å². The molecule has 112 valence electrons. The fourth-order valence-electron chi connectivity index (χ4n) is 3.07. The third-order valence-electron chi connectivity index (χ3n) is 4.57. The standard InChI is InChI=1S/C15H26N4O/c1-11-15(12(2)18(3)17-11)9-16-8-14-10-19(6-7-20-14)13-4-5-13/h13-14,16H,4-10H2,1-3H3/t14-/m0/s1. The van der Waals surface area contributed by atoms with Gasteiger partial charge in [-0.1, -0.05) is 0 Å². The maximum atomic E-state index is 5.86.